The molecule has 2 heterocycles. The SMILES string of the molecule is CCNC(=NCc1cnn(C)c1)NCCc1c[nH]c2cc(F)ccc12.I. The summed E-state index contributed by atoms with van der Waals surface area (Å²) < 4.78 is 15.0. The number of guanidine groups is 1. The molecule has 0 bridgehead atoms. The van der Waals surface area contributed by atoms with Crippen molar-refractivity contribution in [2.45, 2.75) is 19.9 Å². The minimum atomic E-state index is -0.226. The Morgan fingerprint density at radius 1 is 1.35 bits per heavy atom. The number of rotatable bonds is 6. The van der Waals surface area contributed by atoms with Crippen LogP contribution in [0.2, 0.25) is 0 Å². The van der Waals surface area contributed by atoms with Crippen LogP contribution in [0, 0.1) is 5.82 Å². The van der Waals surface area contributed by atoms with E-state index in [1.807, 2.05) is 38.6 Å². The first kappa shape index (κ1) is 20.2. The molecule has 0 saturated carbocycles. The molecule has 3 aromatic rings. The maximum Gasteiger partial charge on any atom is 0.191 e. The van der Waals surface area contributed by atoms with Gasteiger partial charge in [-0.15, -0.1) is 24.0 Å². The molecule has 3 N–H and O–H groups in total. The number of fused-ring (bicyclic) bond motifs is 1. The van der Waals surface area contributed by atoms with Gasteiger partial charge in [-0.1, -0.05) is 0 Å². The standard InChI is InChI=1S/C18H23FN6.HI/c1-3-20-18(23-9-13-10-24-25(2)12-13)21-7-6-14-11-22-17-8-15(19)4-5-16(14)17;/h4-5,8,10-12,22H,3,6-7,9H2,1-2H3,(H2,20,21,23);1H. The van der Waals surface area contributed by atoms with Crippen LogP contribution in [0.15, 0.2) is 41.8 Å². The number of nitrogens with one attached hydrogen (secondary N) is 3. The average Bonchev–Trinajstić information content (AvgIpc) is 3.18. The number of hydrogen-bond acceptors (Lipinski definition) is 2. The molecule has 0 saturated heterocycles. The van der Waals surface area contributed by atoms with Gasteiger partial charge < -0.3 is 15.6 Å². The highest BCUT2D eigenvalue weighted by Gasteiger charge is 2.05. The first-order valence-electron chi connectivity index (χ1n) is 8.41. The van der Waals surface area contributed by atoms with E-state index in [1.54, 1.807) is 4.68 Å². The van der Waals surface area contributed by atoms with Crippen LogP contribution in [0.1, 0.15) is 18.1 Å². The normalized spacial score (nSPS) is 11.4. The quantitative estimate of drug-likeness (QED) is 0.295. The molecule has 0 aliphatic rings. The maximum atomic E-state index is 13.3. The van der Waals surface area contributed by atoms with Crippen LogP contribution in [0.25, 0.3) is 10.9 Å². The number of benzene rings is 1. The zero-order chi connectivity index (χ0) is 17.6. The number of hydrogen-bond donors (Lipinski definition) is 3. The molecule has 2 aromatic heterocycles. The van der Waals surface area contributed by atoms with Gasteiger partial charge >= 0.3 is 0 Å². The number of aliphatic imine (C=N–C) groups is 1. The minimum Gasteiger partial charge on any atom is -0.361 e. The highest BCUT2D eigenvalue weighted by atomic mass is 127. The lowest BCUT2D eigenvalue weighted by molar-refractivity contribution is 0.629. The molecule has 0 aliphatic carbocycles. The summed E-state index contributed by atoms with van der Waals surface area (Å²) in [5.74, 6) is 0.549. The van der Waals surface area contributed by atoms with E-state index < -0.39 is 0 Å². The van der Waals surface area contributed by atoms with E-state index in [0.29, 0.717) is 6.54 Å². The third-order valence-corrected chi connectivity index (χ3v) is 3.94. The summed E-state index contributed by atoms with van der Waals surface area (Å²) in [6, 6.07) is 4.83. The van der Waals surface area contributed by atoms with Crippen molar-refractivity contribution in [2.75, 3.05) is 13.1 Å². The topological polar surface area (TPSA) is 70.0 Å². The highest BCUT2D eigenvalue weighted by molar-refractivity contribution is 14.0. The Morgan fingerprint density at radius 2 is 2.19 bits per heavy atom. The number of aromatic amines is 1. The second-order valence-corrected chi connectivity index (χ2v) is 5.90. The van der Waals surface area contributed by atoms with E-state index in [9.17, 15) is 4.39 Å². The van der Waals surface area contributed by atoms with E-state index in [1.165, 1.54) is 12.1 Å². The fourth-order valence-electron chi connectivity index (χ4n) is 2.75. The van der Waals surface area contributed by atoms with Crippen LogP contribution >= 0.6 is 24.0 Å². The largest absolute Gasteiger partial charge is 0.361 e. The molecular weight excluding hydrogens is 446 g/mol. The predicted molar refractivity (Wildman–Crippen MR) is 113 cm³/mol. The summed E-state index contributed by atoms with van der Waals surface area (Å²) in [7, 11) is 1.89. The summed E-state index contributed by atoms with van der Waals surface area (Å²) in [5.41, 5.74) is 3.05. The summed E-state index contributed by atoms with van der Waals surface area (Å²) in [6.45, 7) is 4.15. The fourth-order valence-corrected chi connectivity index (χ4v) is 2.75. The Bertz CT molecular complexity index is 870. The number of aryl methyl sites for hydroxylation is 1. The third-order valence-electron chi connectivity index (χ3n) is 3.94. The first-order chi connectivity index (χ1) is 12.2. The Kier molecular flexibility index (Phi) is 7.43. The van der Waals surface area contributed by atoms with Crippen LogP contribution in [0.4, 0.5) is 4.39 Å². The average molecular weight is 470 g/mol. The zero-order valence-electron chi connectivity index (χ0n) is 14.9. The molecule has 140 valence electrons. The number of halogens is 2. The van der Waals surface area contributed by atoms with Crippen LogP contribution in [-0.4, -0.2) is 33.8 Å². The van der Waals surface area contributed by atoms with Crippen molar-refractivity contribution in [3.8, 4) is 0 Å². The van der Waals surface area contributed by atoms with Gasteiger partial charge in [-0.25, -0.2) is 9.38 Å². The first-order valence-corrected chi connectivity index (χ1v) is 8.41. The molecule has 0 radical (unpaired) electrons. The molecule has 8 heteroatoms. The molecule has 3 rings (SSSR count). The van der Waals surface area contributed by atoms with Gasteiger partial charge in [-0.2, -0.15) is 5.10 Å². The van der Waals surface area contributed by atoms with Crippen molar-refractivity contribution >= 4 is 40.8 Å². The molecule has 0 atom stereocenters. The molecule has 0 aliphatic heterocycles. The molecule has 0 spiro atoms. The smallest absolute Gasteiger partial charge is 0.191 e. The van der Waals surface area contributed by atoms with E-state index >= 15 is 0 Å². The van der Waals surface area contributed by atoms with Gasteiger partial charge in [0.25, 0.3) is 0 Å². The Balaban J connectivity index is 0.00000243. The Hall–Kier alpha value is -2.10. The second kappa shape index (κ2) is 9.56. The van der Waals surface area contributed by atoms with E-state index in [2.05, 4.69) is 25.7 Å². The number of nitrogens with zero attached hydrogens (tertiary/aromatic N) is 3. The third kappa shape index (κ3) is 5.20. The van der Waals surface area contributed by atoms with E-state index in [-0.39, 0.29) is 29.8 Å². The number of aromatic nitrogens is 3. The molecule has 26 heavy (non-hydrogen) atoms. The monoisotopic (exact) mass is 470 g/mol. The van der Waals surface area contributed by atoms with Crippen molar-refractivity contribution < 1.29 is 4.39 Å². The summed E-state index contributed by atoms with van der Waals surface area (Å²) in [4.78, 5) is 7.69. The molecule has 6 nitrogen and oxygen atoms in total. The summed E-state index contributed by atoms with van der Waals surface area (Å²) in [6.07, 6.45) is 6.53. The van der Waals surface area contributed by atoms with Gasteiger partial charge in [0.15, 0.2) is 5.96 Å². The maximum absolute atomic E-state index is 13.3. The van der Waals surface area contributed by atoms with Gasteiger partial charge in [0, 0.05) is 49.0 Å². The van der Waals surface area contributed by atoms with E-state index in [4.69, 9.17) is 0 Å². The van der Waals surface area contributed by atoms with E-state index in [0.717, 1.165) is 47.5 Å². The van der Waals surface area contributed by atoms with Gasteiger partial charge in [0.05, 0.1) is 12.7 Å². The van der Waals surface area contributed by atoms with Gasteiger partial charge in [0.1, 0.15) is 5.82 Å². The summed E-state index contributed by atoms with van der Waals surface area (Å²) in [5, 5.41) is 11.8. The van der Waals surface area contributed by atoms with Crippen LogP contribution < -0.4 is 10.6 Å². The molecule has 0 fully saturated rings. The van der Waals surface area contributed by atoms with Crippen molar-refractivity contribution in [3.05, 3.63) is 53.7 Å². The van der Waals surface area contributed by atoms with Crippen molar-refractivity contribution in [1.82, 2.24) is 25.4 Å². The van der Waals surface area contributed by atoms with Gasteiger partial charge in [-0.3, -0.25) is 4.68 Å². The predicted octanol–water partition coefficient (Wildman–Crippen LogP) is 2.96. The number of H-pyrrole nitrogens is 1. The van der Waals surface area contributed by atoms with Crippen molar-refractivity contribution in [1.29, 1.82) is 0 Å². The summed E-state index contributed by atoms with van der Waals surface area (Å²) >= 11 is 0. The van der Waals surface area contributed by atoms with Crippen molar-refractivity contribution in [3.63, 3.8) is 0 Å². The van der Waals surface area contributed by atoms with Crippen molar-refractivity contribution in [2.24, 2.45) is 12.0 Å². The molecule has 0 amide bonds. The molecule has 1 aromatic carbocycles. The lowest BCUT2D eigenvalue weighted by Crippen LogP contribution is -2.38. The second-order valence-electron chi connectivity index (χ2n) is 5.90. The lowest BCUT2D eigenvalue weighted by atomic mass is 10.1. The minimum absolute atomic E-state index is 0. The fraction of sp³-hybridized carbons (Fsp3) is 0.333. The van der Waals surface area contributed by atoms with Crippen LogP contribution in [-0.2, 0) is 20.0 Å². The van der Waals surface area contributed by atoms with Gasteiger partial charge in [-0.05, 0) is 37.1 Å². The zero-order valence-corrected chi connectivity index (χ0v) is 17.3. The molecule has 0 unspecified atom stereocenters. The molecular formula is C18H24FIN6. The van der Waals surface area contributed by atoms with Crippen LogP contribution in [0.5, 0.6) is 0 Å². The Morgan fingerprint density at radius 3 is 2.92 bits per heavy atom. The Labute approximate surface area is 169 Å². The van der Waals surface area contributed by atoms with Crippen LogP contribution in [0.3, 0.4) is 0 Å². The van der Waals surface area contributed by atoms with Gasteiger partial charge in [0.2, 0.25) is 0 Å². The lowest BCUT2D eigenvalue weighted by Gasteiger charge is -2.10. The highest BCUT2D eigenvalue weighted by Crippen LogP contribution is 2.19.